The lowest BCUT2D eigenvalue weighted by molar-refractivity contribution is 0.992. The Balaban J connectivity index is 0.000000171. The second kappa shape index (κ2) is 8.71. The highest BCUT2D eigenvalue weighted by Crippen LogP contribution is 2.20. The van der Waals surface area contributed by atoms with Crippen LogP contribution >= 0.6 is 11.3 Å². The van der Waals surface area contributed by atoms with Crippen molar-refractivity contribution in [2.45, 2.75) is 13.8 Å². The molecule has 0 atom stereocenters. The Morgan fingerprint density at radius 2 is 1.07 bits per heavy atom. The van der Waals surface area contributed by atoms with Crippen LogP contribution in [0.1, 0.15) is 10.8 Å². The Morgan fingerprint density at radius 3 is 1.62 bits per heavy atom. The fraction of sp³-hybridized carbons (Fsp3) is 0.0833. The largest absolute Gasteiger partial charge is 0.242 e. The van der Waals surface area contributed by atoms with Gasteiger partial charge in [0.1, 0.15) is 5.82 Å². The van der Waals surface area contributed by atoms with Crippen molar-refractivity contribution in [3.8, 4) is 22.8 Å². The number of para-hydroxylation sites is 1. The highest BCUT2D eigenvalue weighted by Gasteiger charge is 2.07. The predicted molar refractivity (Wildman–Crippen MR) is 120 cm³/mol. The predicted octanol–water partition coefficient (Wildman–Crippen LogP) is 6.12. The number of hydrogen-bond donors (Lipinski definition) is 0. The molecule has 0 radical (unpaired) electrons. The maximum Gasteiger partial charge on any atom is 0.163 e. The molecule has 0 unspecified atom stereocenters. The summed E-state index contributed by atoms with van der Waals surface area (Å²) in [5, 5.41) is 1.14. The molecule has 4 nitrogen and oxygen atoms in total. The summed E-state index contributed by atoms with van der Waals surface area (Å²) >= 11 is 1.74. The Kier molecular flexibility index (Phi) is 5.68. The molecule has 0 fully saturated rings. The zero-order valence-electron chi connectivity index (χ0n) is 16.3. The van der Waals surface area contributed by atoms with Gasteiger partial charge in [-0.05, 0) is 26.0 Å². The first kappa shape index (κ1) is 18.9. The van der Waals surface area contributed by atoms with Crippen LogP contribution in [-0.2, 0) is 0 Å². The first-order chi connectivity index (χ1) is 14.2. The second-order valence-electron chi connectivity index (χ2n) is 6.46. The Morgan fingerprint density at radius 1 is 0.552 bits per heavy atom. The monoisotopic (exact) mass is 396 g/mol. The average Bonchev–Trinajstić information content (AvgIpc) is 3.15. The van der Waals surface area contributed by atoms with Crippen LogP contribution in [0.3, 0.4) is 0 Å². The molecule has 0 aliphatic heterocycles. The summed E-state index contributed by atoms with van der Waals surface area (Å²) in [6.45, 7) is 3.92. The van der Waals surface area contributed by atoms with Gasteiger partial charge >= 0.3 is 0 Å². The van der Waals surface area contributed by atoms with Gasteiger partial charge in [0.15, 0.2) is 11.6 Å². The third-order valence-electron chi connectivity index (χ3n) is 4.21. The van der Waals surface area contributed by atoms with Gasteiger partial charge < -0.3 is 0 Å². The molecule has 5 heteroatoms. The SMILES string of the molecule is Cc1nc(-c2ccccc2)nc(-c2ccccc2)n1.Cc1nc2ccccc2s1. The lowest BCUT2D eigenvalue weighted by Crippen LogP contribution is -1.99. The van der Waals surface area contributed by atoms with Crippen molar-refractivity contribution in [1.29, 1.82) is 0 Å². The van der Waals surface area contributed by atoms with Gasteiger partial charge in [0.05, 0.1) is 15.2 Å². The molecule has 3 aromatic carbocycles. The van der Waals surface area contributed by atoms with E-state index in [0.29, 0.717) is 11.6 Å². The number of aryl methyl sites for hydroxylation is 2. The minimum Gasteiger partial charge on any atom is -0.242 e. The number of aromatic nitrogens is 4. The first-order valence-corrected chi connectivity index (χ1v) is 10.2. The number of rotatable bonds is 2. The van der Waals surface area contributed by atoms with Gasteiger partial charge in [-0.1, -0.05) is 72.8 Å². The van der Waals surface area contributed by atoms with E-state index in [1.165, 1.54) is 4.70 Å². The van der Waals surface area contributed by atoms with Gasteiger partial charge in [-0.3, -0.25) is 0 Å². The third-order valence-corrected chi connectivity index (χ3v) is 5.16. The molecule has 0 spiro atoms. The maximum atomic E-state index is 4.55. The van der Waals surface area contributed by atoms with E-state index in [-0.39, 0.29) is 0 Å². The standard InChI is InChI=1S/C16H13N3.C8H7NS/c1-12-17-15(13-8-4-2-5-9-13)19-16(18-12)14-10-6-3-7-11-14;1-6-9-7-4-2-3-5-8(7)10-6/h2-11H,1H3;2-5H,1H3. The van der Waals surface area contributed by atoms with E-state index in [1.54, 1.807) is 11.3 Å². The van der Waals surface area contributed by atoms with Gasteiger partial charge in [-0.25, -0.2) is 19.9 Å². The van der Waals surface area contributed by atoms with Crippen molar-refractivity contribution in [3.63, 3.8) is 0 Å². The van der Waals surface area contributed by atoms with Crippen LogP contribution in [0.5, 0.6) is 0 Å². The fourth-order valence-corrected chi connectivity index (χ4v) is 3.73. The highest BCUT2D eigenvalue weighted by atomic mass is 32.1. The van der Waals surface area contributed by atoms with Gasteiger partial charge in [-0.2, -0.15) is 0 Å². The fourth-order valence-electron chi connectivity index (χ4n) is 2.90. The van der Waals surface area contributed by atoms with Gasteiger partial charge in [-0.15, -0.1) is 11.3 Å². The van der Waals surface area contributed by atoms with Crippen molar-refractivity contribution >= 4 is 21.6 Å². The van der Waals surface area contributed by atoms with Crippen LogP contribution in [0.2, 0.25) is 0 Å². The second-order valence-corrected chi connectivity index (χ2v) is 7.70. The van der Waals surface area contributed by atoms with Gasteiger partial charge in [0.2, 0.25) is 0 Å². The highest BCUT2D eigenvalue weighted by molar-refractivity contribution is 7.18. The lowest BCUT2D eigenvalue weighted by Gasteiger charge is -2.05. The Bertz CT molecular complexity index is 1130. The molecule has 0 amide bonds. The summed E-state index contributed by atoms with van der Waals surface area (Å²) in [5.41, 5.74) is 3.13. The summed E-state index contributed by atoms with van der Waals surface area (Å²) in [7, 11) is 0. The topological polar surface area (TPSA) is 51.6 Å². The molecule has 0 bridgehead atoms. The lowest BCUT2D eigenvalue weighted by atomic mass is 10.2. The number of hydrogen-bond acceptors (Lipinski definition) is 5. The van der Waals surface area contributed by atoms with Crippen LogP contribution in [0.25, 0.3) is 33.0 Å². The van der Waals surface area contributed by atoms with E-state index in [2.05, 4.69) is 26.0 Å². The molecular formula is C24H20N4S. The minimum absolute atomic E-state index is 0.715. The smallest absolute Gasteiger partial charge is 0.163 e. The van der Waals surface area contributed by atoms with E-state index >= 15 is 0 Å². The van der Waals surface area contributed by atoms with Gasteiger partial charge in [0.25, 0.3) is 0 Å². The molecule has 5 aromatic rings. The van der Waals surface area contributed by atoms with Crippen molar-refractivity contribution < 1.29 is 0 Å². The third kappa shape index (κ3) is 4.70. The van der Waals surface area contributed by atoms with Crippen molar-refractivity contribution in [2.75, 3.05) is 0 Å². The number of fused-ring (bicyclic) bond motifs is 1. The van der Waals surface area contributed by atoms with Crippen molar-refractivity contribution in [3.05, 3.63) is 95.8 Å². The van der Waals surface area contributed by atoms with E-state index in [1.807, 2.05) is 92.7 Å². The molecule has 0 saturated heterocycles. The van der Waals surface area contributed by atoms with Crippen LogP contribution in [-0.4, -0.2) is 19.9 Å². The van der Waals surface area contributed by atoms with E-state index in [0.717, 1.165) is 27.5 Å². The van der Waals surface area contributed by atoms with E-state index < -0.39 is 0 Å². The van der Waals surface area contributed by atoms with Crippen LogP contribution in [0.4, 0.5) is 0 Å². The molecule has 2 heterocycles. The minimum atomic E-state index is 0.715. The molecule has 142 valence electrons. The summed E-state index contributed by atoms with van der Waals surface area (Å²) in [4.78, 5) is 17.7. The molecule has 0 N–H and O–H groups in total. The van der Waals surface area contributed by atoms with Crippen LogP contribution in [0.15, 0.2) is 84.9 Å². The van der Waals surface area contributed by atoms with E-state index in [4.69, 9.17) is 0 Å². The Hall–Kier alpha value is -3.44. The Labute approximate surface area is 174 Å². The molecule has 0 saturated carbocycles. The molecule has 29 heavy (non-hydrogen) atoms. The van der Waals surface area contributed by atoms with Crippen molar-refractivity contribution in [1.82, 2.24) is 19.9 Å². The van der Waals surface area contributed by atoms with Crippen LogP contribution < -0.4 is 0 Å². The van der Waals surface area contributed by atoms with E-state index in [9.17, 15) is 0 Å². The summed E-state index contributed by atoms with van der Waals surface area (Å²) in [5.74, 6) is 2.16. The molecule has 0 aliphatic carbocycles. The summed E-state index contributed by atoms with van der Waals surface area (Å²) in [6, 6.07) is 28.1. The number of nitrogens with zero attached hydrogens (tertiary/aromatic N) is 4. The number of benzene rings is 3. The average molecular weight is 397 g/mol. The normalized spacial score (nSPS) is 10.4. The van der Waals surface area contributed by atoms with Gasteiger partial charge in [0, 0.05) is 11.1 Å². The van der Waals surface area contributed by atoms with Crippen LogP contribution in [0, 0.1) is 13.8 Å². The molecule has 5 rings (SSSR count). The van der Waals surface area contributed by atoms with Crippen molar-refractivity contribution in [2.24, 2.45) is 0 Å². The summed E-state index contributed by atoms with van der Waals surface area (Å²) < 4.78 is 1.28. The maximum absolute atomic E-state index is 4.55. The zero-order chi connectivity index (χ0) is 20.1. The molecular weight excluding hydrogens is 376 g/mol. The quantitative estimate of drug-likeness (QED) is 0.361. The first-order valence-electron chi connectivity index (χ1n) is 9.35. The molecule has 0 aliphatic rings. The summed E-state index contributed by atoms with van der Waals surface area (Å²) in [6.07, 6.45) is 0. The zero-order valence-corrected chi connectivity index (χ0v) is 17.1. The number of thiazole rings is 1. The molecule has 2 aromatic heterocycles.